The topological polar surface area (TPSA) is 9.23 Å². The minimum Gasteiger partial charge on any atom is -0.502 e. The fourth-order valence-electron chi connectivity index (χ4n) is 3.60. The molecule has 2 rings (SSSR count). The summed E-state index contributed by atoms with van der Waals surface area (Å²) in [6.45, 7) is 9.36. The normalized spacial score (nSPS) is 40.6. The van der Waals surface area contributed by atoms with Crippen LogP contribution in [-0.2, 0) is 4.74 Å². The summed E-state index contributed by atoms with van der Waals surface area (Å²) in [5.74, 6) is 2.65. The summed E-state index contributed by atoms with van der Waals surface area (Å²) in [6, 6.07) is 0. The van der Waals surface area contributed by atoms with Gasteiger partial charge in [-0.05, 0) is 42.4 Å². The Morgan fingerprint density at radius 3 is 2.69 bits per heavy atom. The van der Waals surface area contributed by atoms with Crippen molar-refractivity contribution in [1.29, 1.82) is 0 Å². The van der Waals surface area contributed by atoms with Crippen molar-refractivity contribution in [3.05, 3.63) is 12.8 Å². The fraction of sp³-hybridized carbons (Fsp3) is 0.833. The minimum atomic E-state index is 0.579. The van der Waals surface area contributed by atoms with Gasteiger partial charge in [0.1, 0.15) is 0 Å². The molecule has 2 aliphatic carbocycles. The first-order valence-corrected chi connectivity index (χ1v) is 5.38. The van der Waals surface area contributed by atoms with Gasteiger partial charge < -0.3 is 4.74 Å². The van der Waals surface area contributed by atoms with E-state index in [1.807, 2.05) is 0 Å². The minimum absolute atomic E-state index is 0.579. The van der Waals surface area contributed by atoms with Crippen LogP contribution >= 0.6 is 0 Å². The van der Waals surface area contributed by atoms with E-state index in [9.17, 15) is 0 Å². The Morgan fingerprint density at radius 2 is 2.23 bits per heavy atom. The molecule has 0 aromatic heterocycles. The lowest BCUT2D eigenvalue weighted by Gasteiger charge is -2.26. The van der Waals surface area contributed by atoms with Gasteiger partial charge in [0.2, 0.25) is 0 Å². The van der Waals surface area contributed by atoms with Gasteiger partial charge in [0.15, 0.2) is 0 Å². The predicted octanol–water partition coefficient (Wildman–Crippen LogP) is 3.22. The lowest BCUT2D eigenvalue weighted by atomic mass is 9.80. The quantitative estimate of drug-likeness (QED) is 0.606. The third-order valence-corrected chi connectivity index (χ3v) is 4.42. The van der Waals surface area contributed by atoms with Crippen molar-refractivity contribution in [3.63, 3.8) is 0 Å². The second-order valence-electron chi connectivity index (χ2n) is 5.20. The summed E-state index contributed by atoms with van der Waals surface area (Å²) in [4.78, 5) is 0. The molecule has 3 atom stereocenters. The van der Waals surface area contributed by atoms with Gasteiger partial charge >= 0.3 is 0 Å². The molecule has 0 N–H and O–H groups in total. The molecule has 0 radical (unpaired) electrons. The summed E-state index contributed by atoms with van der Waals surface area (Å²) < 4.78 is 5.33. The third kappa shape index (κ3) is 1.29. The molecule has 1 nitrogen and oxygen atoms in total. The molecule has 2 bridgehead atoms. The van der Waals surface area contributed by atoms with Crippen LogP contribution in [0.3, 0.4) is 0 Å². The van der Waals surface area contributed by atoms with Gasteiger partial charge in [0.25, 0.3) is 0 Å². The van der Waals surface area contributed by atoms with E-state index in [0.29, 0.717) is 5.41 Å². The maximum Gasteiger partial charge on any atom is 0.0904 e. The smallest absolute Gasteiger partial charge is 0.0904 e. The highest BCUT2D eigenvalue weighted by Gasteiger charge is 2.52. The van der Waals surface area contributed by atoms with Gasteiger partial charge in [0.05, 0.1) is 12.9 Å². The van der Waals surface area contributed by atoms with Crippen LogP contribution in [0.15, 0.2) is 12.8 Å². The van der Waals surface area contributed by atoms with Crippen LogP contribution in [0.4, 0.5) is 0 Å². The van der Waals surface area contributed by atoms with Crippen LogP contribution in [0.25, 0.3) is 0 Å². The van der Waals surface area contributed by atoms with E-state index in [2.05, 4.69) is 20.4 Å². The van der Waals surface area contributed by atoms with E-state index in [-0.39, 0.29) is 0 Å². The van der Waals surface area contributed by atoms with Crippen molar-refractivity contribution in [1.82, 2.24) is 0 Å². The van der Waals surface area contributed by atoms with Crippen molar-refractivity contribution in [2.75, 3.05) is 6.61 Å². The van der Waals surface area contributed by atoms with Gasteiger partial charge in [-0.15, -0.1) is 0 Å². The molecule has 2 saturated carbocycles. The highest BCUT2D eigenvalue weighted by atomic mass is 16.5. The molecule has 0 amide bonds. The van der Waals surface area contributed by atoms with E-state index in [0.717, 1.165) is 24.4 Å². The highest BCUT2D eigenvalue weighted by Crippen LogP contribution is 2.60. The summed E-state index contributed by atoms with van der Waals surface area (Å²) in [6.07, 6.45) is 5.83. The van der Waals surface area contributed by atoms with Crippen molar-refractivity contribution >= 4 is 0 Å². The van der Waals surface area contributed by atoms with Crippen molar-refractivity contribution in [2.45, 2.75) is 33.1 Å². The van der Waals surface area contributed by atoms with Crippen LogP contribution < -0.4 is 0 Å². The molecule has 2 aliphatic rings. The van der Waals surface area contributed by atoms with Gasteiger partial charge in [0, 0.05) is 0 Å². The summed E-state index contributed by atoms with van der Waals surface area (Å²) in [5.41, 5.74) is 0.579. The number of hydrogen-bond acceptors (Lipinski definition) is 1. The highest BCUT2D eigenvalue weighted by molar-refractivity contribution is 5.02. The monoisotopic (exact) mass is 180 g/mol. The zero-order valence-corrected chi connectivity index (χ0v) is 8.75. The number of rotatable bonds is 3. The van der Waals surface area contributed by atoms with Crippen molar-refractivity contribution < 1.29 is 4.74 Å². The lowest BCUT2D eigenvalue weighted by molar-refractivity contribution is 0.139. The van der Waals surface area contributed by atoms with Gasteiger partial charge in [-0.2, -0.15) is 0 Å². The Bertz CT molecular complexity index is 207. The number of ether oxygens (including phenoxy) is 1. The van der Waals surface area contributed by atoms with Crippen LogP contribution in [-0.4, -0.2) is 6.61 Å². The Labute approximate surface area is 81.2 Å². The Morgan fingerprint density at radius 1 is 1.46 bits per heavy atom. The average molecular weight is 180 g/mol. The van der Waals surface area contributed by atoms with Crippen LogP contribution in [0.5, 0.6) is 0 Å². The lowest BCUT2D eigenvalue weighted by Crippen LogP contribution is -2.21. The third-order valence-electron chi connectivity index (χ3n) is 4.42. The molecule has 74 valence electrons. The fourth-order valence-corrected chi connectivity index (χ4v) is 3.60. The molecule has 0 aromatic carbocycles. The van der Waals surface area contributed by atoms with Gasteiger partial charge in [-0.3, -0.25) is 0 Å². The summed E-state index contributed by atoms with van der Waals surface area (Å²) in [5, 5.41) is 0. The Kier molecular flexibility index (Phi) is 2.13. The molecule has 2 fully saturated rings. The molecule has 0 aromatic rings. The van der Waals surface area contributed by atoms with E-state index >= 15 is 0 Å². The number of hydrogen-bond donors (Lipinski definition) is 0. The first kappa shape index (κ1) is 9.11. The maximum absolute atomic E-state index is 5.33. The van der Waals surface area contributed by atoms with Gasteiger partial charge in [-0.25, -0.2) is 0 Å². The Balaban J connectivity index is 2.00. The molecule has 3 unspecified atom stereocenters. The van der Waals surface area contributed by atoms with Crippen LogP contribution in [0.1, 0.15) is 33.1 Å². The Hall–Kier alpha value is -0.460. The van der Waals surface area contributed by atoms with Crippen molar-refractivity contribution in [2.24, 2.45) is 23.2 Å². The maximum atomic E-state index is 5.33. The first-order chi connectivity index (χ1) is 6.16. The van der Waals surface area contributed by atoms with Gasteiger partial charge in [-0.1, -0.05) is 20.4 Å². The SMILES string of the molecule is C=COCC1CC2CCC1C2(C)C. The molecule has 0 saturated heterocycles. The molecule has 0 aliphatic heterocycles. The van der Waals surface area contributed by atoms with Crippen molar-refractivity contribution in [3.8, 4) is 0 Å². The van der Waals surface area contributed by atoms with Crippen LogP contribution in [0, 0.1) is 23.2 Å². The molecule has 1 heteroatoms. The molecule has 13 heavy (non-hydrogen) atoms. The molecular weight excluding hydrogens is 160 g/mol. The summed E-state index contributed by atoms with van der Waals surface area (Å²) >= 11 is 0. The zero-order valence-electron chi connectivity index (χ0n) is 8.75. The van der Waals surface area contributed by atoms with E-state index in [1.165, 1.54) is 19.3 Å². The van der Waals surface area contributed by atoms with Crippen LogP contribution in [0.2, 0.25) is 0 Å². The first-order valence-electron chi connectivity index (χ1n) is 5.38. The van der Waals surface area contributed by atoms with E-state index in [4.69, 9.17) is 4.74 Å². The van der Waals surface area contributed by atoms with E-state index in [1.54, 1.807) is 6.26 Å². The average Bonchev–Trinajstić information content (AvgIpc) is 2.52. The molecule has 0 heterocycles. The standard InChI is InChI=1S/C12H20O/c1-4-13-8-9-7-10-5-6-11(9)12(10,2)3/h4,9-11H,1,5-8H2,2-3H3. The second kappa shape index (κ2) is 3.04. The second-order valence-corrected chi connectivity index (χ2v) is 5.20. The predicted molar refractivity (Wildman–Crippen MR) is 54.3 cm³/mol. The molecular formula is C12H20O. The zero-order chi connectivity index (χ0) is 9.47. The van der Waals surface area contributed by atoms with E-state index < -0.39 is 0 Å². The number of fused-ring (bicyclic) bond motifs is 2. The summed E-state index contributed by atoms with van der Waals surface area (Å²) in [7, 11) is 0. The largest absolute Gasteiger partial charge is 0.502 e. The molecule has 0 spiro atoms.